The molecule has 1 saturated heterocycles. The van der Waals surface area contributed by atoms with Crippen LogP contribution in [0, 0.1) is 0 Å². The summed E-state index contributed by atoms with van der Waals surface area (Å²) in [5, 5.41) is 5.49. The van der Waals surface area contributed by atoms with Crippen molar-refractivity contribution in [1.29, 1.82) is 0 Å². The molecule has 0 radical (unpaired) electrons. The molecule has 0 spiro atoms. The molecule has 2 N–H and O–H groups in total. The Balaban J connectivity index is 1.48. The van der Waals surface area contributed by atoms with Crippen LogP contribution in [0.3, 0.4) is 0 Å². The summed E-state index contributed by atoms with van der Waals surface area (Å²) in [6.07, 6.45) is -1.83. The molecule has 0 saturated carbocycles. The summed E-state index contributed by atoms with van der Waals surface area (Å²) in [6.45, 7) is 2.58. The van der Waals surface area contributed by atoms with E-state index in [9.17, 15) is 22.8 Å². The van der Waals surface area contributed by atoms with Crippen LogP contribution in [-0.4, -0.2) is 36.0 Å². The molecule has 1 aromatic heterocycles. The highest BCUT2D eigenvalue weighted by atomic mass is 19.4. The van der Waals surface area contributed by atoms with Crippen LogP contribution in [-0.2, 0) is 6.18 Å². The topological polar surface area (TPSA) is 74.6 Å². The van der Waals surface area contributed by atoms with E-state index in [0.29, 0.717) is 31.5 Å². The van der Waals surface area contributed by atoms with Gasteiger partial charge in [0.2, 0.25) is 0 Å². The van der Waals surface area contributed by atoms with Crippen LogP contribution in [0.4, 0.5) is 18.0 Å². The van der Waals surface area contributed by atoms with E-state index in [2.05, 4.69) is 10.6 Å². The number of hydrogen-bond donors (Lipinski definition) is 2. The molecule has 0 bridgehead atoms. The number of carbonyl (C=O) groups is 2. The van der Waals surface area contributed by atoms with Crippen molar-refractivity contribution in [2.24, 2.45) is 0 Å². The van der Waals surface area contributed by atoms with Crippen molar-refractivity contribution < 1.29 is 27.2 Å². The van der Waals surface area contributed by atoms with Crippen molar-refractivity contribution in [2.75, 3.05) is 13.1 Å². The quantitative estimate of drug-likeness (QED) is 0.803. The fourth-order valence-electron chi connectivity index (χ4n) is 3.27. The number of halogens is 3. The molecule has 29 heavy (non-hydrogen) atoms. The second-order valence-electron chi connectivity index (χ2n) is 7.01. The fourth-order valence-corrected chi connectivity index (χ4v) is 3.27. The third-order valence-corrected chi connectivity index (χ3v) is 4.91. The molecule has 9 heteroatoms. The van der Waals surface area contributed by atoms with Crippen molar-refractivity contribution in [3.63, 3.8) is 0 Å². The van der Waals surface area contributed by atoms with Crippen LogP contribution >= 0.6 is 0 Å². The smallest absolute Gasteiger partial charge is 0.416 e. The van der Waals surface area contributed by atoms with E-state index in [4.69, 9.17) is 4.42 Å². The minimum absolute atomic E-state index is 0.121. The van der Waals surface area contributed by atoms with Gasteiger partial charge < -0.3 is 20.0 Å². The number of amides is 3. The molecule has 1 aliphatic rings. The fraction of sp³-hybridized carbons (Fsp3) is 0.400. The van der Waals surface area contributed by atoms with Gasteiger partial charge in [0.05, 0.1) is 17.9 Å². The molecular weight excluding hydrogens is 387 g/mol. The summed E-state index contributed by atoms with van der Waals surface area (Å²) in [7, 11) is 0. The van der Waals surface area contributed by atoms with Crippen LogP contribution in [0.1, 0.15) is 47.5 Å². The van der Waals surface area contributed by atoms with E-state index in [-0.39, 0.29) is 17.7 Å². The first-order chi connectivity index (χ1) is 13.7. The number of rotatable bonds is 4. The van der Waals surface area contributed by atoms with E-state index in [0.717, 1.165) is 12.1 Å². The standard InChI is InChI=1S/C20H22F3N3O3/c1-13(14-4-2-5-15(12-14)20(21,22)23)24-19(28)25-16-7-9-26(10-8-16)18(27)17-6-3-11-29-17/h2-6,11-13,16H,7-10H2,1H3,(H2,24,25,28). The predicted molar refractivity (Wildman–Crippen MR) is 99.2 cm³/mol. The molecular formula is C20H22F3N3O3. The Hall–Kier alpha value is -2.97. The van der Waals surface area contributed by atoms with E-state index in [1.165, 1.54) is 12.3 Å². The van der Waals surface area contributed by atoms with Gasteiger partial charge in [0.25, 0.3) is 5.91 Å². The lowest BCUT2D eigenvalue weighted by Gasteiger charge is -2.32. The number of furan rings is 1. The molecule has 1 fully saturated rings. The van der Waals surface area contributed by atoms with Crippen LogP contribution < -0.4 is 10.6 Å². The number of urea groups is 1. The number of alkyl halides is 3. The van der Waals surface area contributed by atoms with Gasteiger partial charge in [-0.1, -0.05) is 12.1 Å². The van der Waals surface area contributed by atoms with Gasteiger partial charge in [-0.15, -0.1) is 0 Å². The van der Waals surface area contributed by atoms with Gasteiger partial charge in [-0.25, -0.2) is 4.79 Å². The first-order valence-corrected chi connectivity index (χ1v) is 9.31. The highest BCUT2D eigenvalue weighted by molar-refractivity contribution is 5.91. The third kappa shape index (κ3) is 5.30. The zero-order chi connectivity index (χ0) is 21.0. The Morgan fingerprint density at radius 2 is 1.90 bits per heavy atom. The predicted octanol–water partition coefficient (Wildman–Crippen LogP) is 3.96. The summed E-state index contributed by atoms with van der Waals surface area (Å²) < 4.78 is 43.7. The first kappa shape index (κ1) is 20.8. The molecule has 6 nitrogen and oxygen atoms in total. The normalized spacial score (nSPS) is 16.3. The Morgan fingerprint density at radius 1 is 1.17 bits per heavy atom. The Morgan fingerprint density at radius 3 is 2.52 bits per heavy atom. The molecule has 1 atom stereocenters. The van der Waals surface area contributed by atoms with E-state index >= 15 is 0 Å². The molecule has 0 aliphatic carbocycles. The highest BCUT2D eigenvalue weighted by Crippen LogP contribution is 2.30. The monoisotopic (exact) mass is 409 g/mol. The first-order valence-electron chi connectivity index (χ1n) is 9.31. The number of nitrogens with zero attached hydrogens (tertiary/aromatic N) is 1. The lowest BCUT2D eigenvalue weighted by molar-refractivity contribution is -0.137. The van der Waals surface area contributed by atoms with Gasteiger partial charge in [0, 0.05) is 19.1 Å². The van der Waals surface area contributed by atoms with Crippen molar-refractivity contribution in [3.05, 3.63) is 59.5 Å². The number of nitrogens with one attached hydrogen (secondary N) is 2. The van der Waals surface area contributed by atoms with Crippen molar-refractivity contribution in [3.8, 4) is 0 Å². The van der Waals surface area contributed by atoms with Gasteiger partial charge >= 0.3 is 12.2 Å². The van der Waals surface area contributed by atoms with Crippen LogP contribution in [0.2, 0.25) is 0 Å². The second-order valence-corrected chi connectivity index (χ2v) is 7.01. The molecule has 3 amide bonds. The average Bonchev–Trinajstić information content (AvgIpc) is 3.22. The summed E-state index contributed by atoms with van der Waals surface area (Å²) in [5.41, 5.74) is -0.383. The summed E-state index contributed by atoms with van der Waals surface area (Å²) >= 11 is 0. The van der Waals surface area contributed by atoms with E-state index < -0.39 is 23.8 Å². The molecule has 2 aromatic rings. The zero-order valence-electron chi connectivity index (χ0n) is 15.8. The number of piperidine rings is 1. The molecule has 3 rings (SSSR count). The zero-order valence-corrected chi connectivity index (χ0v) is 15.8. The maximum Gasteiger partial charge on any atom is 0.416 e. The Kier molecular flexibility index (Phi) is 6.14. The Bertz CT molecular complexity index is 844. The molecule has 1 aliphatic heterocycles. The van der Waals surface area contributed by atoms with Gasteiger partial charge in [-0.3, -0.25) is 4.79 Å². The molecule has 1 unspecified atom stereocenters. The third-order valence-electron chi connectivity index (χ3n) is 4.91. The maximum absolute atomic E-state index is 12.8. The Labute approximate surface area is 166 Å². The van der Waals surface area contributed by atoms with Crippen molar-refractivity contribution in [2.45, 2.75) is 38.0 Å². The maximum atomic E-state index is 12.8. The summed E-state index contributed by atoms with van der Waals surface area (Å²) in [4.78, 5) is 26.1. The minimum atomic E-state index is -4.43. The summed E-state index contributed by atoms with van der Waals surface area (Å²) in [5.74, 6) is 0.0973. The largest absolute Gasteiger partial charge is 0.459 e. The number of carbonyl (C=O) groups excluding carboxylic acids is 2. The van der Waals surface area contributed by atoms with Crippen molar-refractivity contribution in [1.82, 2.24) is 15.5 Å². The van der Waals surface area contributed by atoms with Gasteiger partial charge in [0.1, 0.15) is 0 Å². The summed E-state index contributed by atoms with van der Waals surface area (Å²) in [6, 6.07) is 6.98. The van der Waals surface area contributed by atoms with Gasteiger partial charge in [-0.05, 0) is 49.6 Å². The van der Waals surface area contributed by atoms with Gasteiger partial charge in [0.15, 0.2) is 5.76 Å². The van der Waals surface area contributed by atoms with E-state index in [1.54, 1.807) is 30.0 Å². The lowest BCUT2D eigenvalue weighted by atomic mass is 10.0. The average molecular weight is 409 g/mol. The molecule has 1 aromatic carbocycles. The molecule has 156 valence electrons. The second kappa shape index (κ2) is 8.59. The number of hydrogen-bond acceptors (Lipinski definition) is 3. The van der Waals surface area contributed by atoms with Crippen molar-refractivity contribution >= 4 is 11.9 Å². The molecule has 2 heterocycles. The SMILES string of the molecule is CC(NC(=O)NC1CCN(C(=O)c2ccco2)CC1)c1cccc(C(F)(F)F)c1. The number of likely N-dealkylation sites (tertiary alicyclic amines) is 1. The van der Waals surface area contributed by atoms with Crippen LogP contribution in [0.15, 0.2) is 47.1 Å². The van der Waals surface area contributed by atoms with Gasteiger partial charge in [-0.2, -0.15) is 13.2 Å². The van der Waals surface area contributed by atoms with Crippen LogP contribution in [0.5, 0.6) is 0 Å². The highest BCUT2D eigenvalue weighted by Gasteiger charge is 2.31. The number of benzene rings is 1. The minimum Gasteiger partial charge on any atom is -0.459 e. The lowest BCUT2D eigenvalue weighted by Crippen LogP contribution is -2.49. The van der Waals surface area contributed by atoms with E-state index in [1.807, 2.05) is 0 Å². The van der Waals surface area contributed by atoms with Crippen LogP contribution in [0.25, 0.3) is 0 Å².